The van der Waals surface area contributed by atoms with E-state index in [1.807, 2.05) is 13.1 Å². The van der Waals surface area contributed by atoms with Gasteiger partial charge in [0.2, 0.25) is 0 Å². The smallest absolute Gasteiger partial charge is 0.191 e. The molecule has 3 rings (SSSR count). The Morgan fingerprint density at radius 2 is 1.85 bits per heavy atom. The summed E-state index contributed by atoms with van der Waals surface area (Å²) in [6.45, 7) is 3.94. The van der Waals surface area contributed by atoms with Gasteiger partial charge >= 0.3 is 0 Å². The van der Waals surface area contributed by atoms with Crippen LogP contribution in [0.1, 0.15) is 12.0 Å². The third kappa shape index (κ3) is 6.16. The van der Waals surface area contributed by atoms with E-state index < -0.39 is 0 Å². The van der Waals surface area contributed by atoms with Crippen molar-refractivity contribution < 1.29 is 0 Å². The highest BCUT2D eigenvalue weighted by Crippen LogP contribution is 2.24. The highest BCUT2D eigenvalue weighted by molar-refractivity contribution is 14.0. The van der Waals surface area contributed by atoms with Crippen LogP contribution in [0, 0.1) is 5.92 Å². The van der Waals surface area contributed by atoms with E-state index in [0.29, 0.717) is 5.92 Å². The summed E-state index contributed by atoms with van der Waals surface area (Å²) < 4.78 is 1.13. The normalized spacial score (nSPS) is 16.9. The quantitative estimate of drug-likeness (QED) is 0.346. The van der Waals surface area contributed by atoms with Crippen LogP contribution < -0.4 is 15.5 Å². The Balaban J connectivity index is 0.00000243. The maximum Gasteiger partial charge on any atom is 0.191 e. The Morgan fingerprint density at radius 3 is 2.54 bits per heavy atom. The van der Waals surface area contributed by atoms with Gasteiger partial charge in [-0.05, 0) is 42.2 Å². The summed E-state index contributed by atoms with van der Waals surface area (Å²) in [7, 11) is 1.82. The molecule has 0 bridgehead atoms. The highest BCUT2D eigenvalue weighted by Gasteiger charge is 2.22. The first-order valence-electron chi connectivity index (χ1n) is 8.73. The third-order valence-corrected chi connectivity index (χ3v) is 5.09. The predicted octanol–water partition coefficient (Wildman–Crippen LogP) is 4.26. The number of hydrogen-bond donors (Lipinski definition) is 2. The zero-order valence-electron chi connectivity index (χ0n) is 15.0. The lowest BCUT2D eigenvalue weighted by Crippen LogP contribution is -2.39. The van der Waals surface area contributed by atoms with Crippen LogP contribution in [-0.4, -0.2) is 32.6 Å². The van der Waals surface area contributed by atoms with Gasteiger partial charge in [-0.1, -0.05) is 46.3 Å². The second-order valence-corrected chi connectivity index (χ2v) is 7.29. The molecule has 1 atom stereocenters. The minimum Gasteiger partial charge on any atom is -0.371 e. The zero-order valence-corrected chi connectivity index (χ0v) is 18.9. The van der Waals surface area contributed by atoms with Crippen LogP contribution in [0.3, 0.4) is 0 Å². The van der Waals surface area contributed by atoms with Crippen molar-refractivity contribution in [3.63, 3.8) is 0 Å². The van der Waals surface area contributed by atoms with Gasteiger partial charge in [0.25, 0.3) is 0 Å². The molecule has 0 aliphatic carbocycles. The SMILES string of the molecule is CN=C(NCc1ccccc1)NCC1CCN(c2ccc(Br)cc2)C1.I. The zero-order chi connectivity index (χ0) is 17.5. The number of hydrogen-bond acceptors (Lipinski definition) is 2. The summed E-state index contributed by atoms with van der Waals surface area (Å²) >= 11 is 3.50. The lowest BCUT2D eigenvalue weighted by atomic mass is 10.1. The molecule has 1 aliphatic heterocycles. The number of anilines is 1. The Bertz CT molecular complexity index is 691. The lowest BCUT2D eigenvalue weighted by molar-refractivity contribution is 0.565. The van der Waals surface area contributed by atoms with Gasteiger partial charge in [0.1, 0.15) is 0 Å². The van der Waals surface area contributed by atoms with Gasteiger partial charge in [0, 0.05) is 43.4 Å². The topological polar surface area (TPSA) is 39.7 Å². The summed E-state index contributed by atoms with van der Waals surface area (Å²) in [5, 5.41) is 6.85. The molecule has 4 nitrogen and oxygen atoms in total. The fourth-order valence-electron chi connectivity index (χ4n) is 3.13. The second-order valence-electron chi connectivity index (χ2n) is 6.37. The van der Waals surface area contributed by atoms with Crippen LogP contribution >= 0.6 is 39.9 Å². The van der Waals surface area contributed by atoms with Crippen molar-refractivity contribution in [1.82, 2.24) is 10.6 Å². The molecule has 0 spiro atoms. The molecule has 140 valence electrons. The fraction of sp³-hybridized carbons (Fsp3) is 0.350. The van der Waals surface area contributed by atoms with Crippen molar-refractivity contribution >= 4 is 51.6 Å². The molecular formula is C20H26BrIN4. The van der Waals surface area contributed by atoms with Crippen molar-refractivity contribution in [2.24, 2.45) is 10.9 Å². The van der Waals surface area contributed by atoms with E-state index in [2.05, 4.69) is 85.0 Å². The van der Waals surface area contributed by atoms with Crippen molar-refractivity contribution in [2.75, 3.05) is 31.6 Å². The number of guanidine groups is 1. The van der Waals surface area contributed by atoms with Crippen LogP contribution in [-0.2, 0) is 6.54 Å². The van der Waals surface area contributed by atoms with E-state index in [-0.39, 0.29) is 24.0 Å². The van der Waals surface area contributed by atoms with E-state index in [0.717, 1.165) is 36.6 Å². The fourth-order valence-corrected chi connectivity index (χ4v) is 3.39. The first-order valence-corrected chi connectivity index (χ1v) is 9.53. The Hall–Kier alpha value is -1.28. The summed E-state index contributed by atoms with van der Waals surface area (Å²) in [5.41, 5.74) is 2.56. The molecule has 1 aliphatic rings. The van der Waals surface area contributed by atoms with Crippen molar-refractivity contribution in [3.8, 4) is 0 Å². The largest absolute Gasteiger partial charge is 0.371 e. The molecule has 2 N–H and O–H groups in total. The average Bonchev–Trinajstić information content (AvgIpc) is 3.12. The lowest BCUT2D eigenvalue weighted by Gasteiger charge is -2.19. The number of benzene rings is 2. The Kier molecular flexibility index (Phi) is 8.71. The molecule has 6 heteroatoms. The number of nitrogens with zero attached hydrogens (tertiary/aromatic N) is 2. The van der Waals surface area contributed by atoms with E-state index in [4.69, 9.17) is 0 Å². The molecule has 0 amide bonds. The minimum atomic E-state index is 0. The van der Waals surface area contributed by atoms with Crippen molar-refractivity contribution in [1.29, 1.82) is 0 Å². The Labute approximate surface area is 181 Å². The maximum atomic E-state index is 4.33. The molecule has 0 saturated carbocycles. The van der Waals surface area contributed by atoms with Gasteiger partial charge in [-0.25, -0.2) is 0 Å². The van der Waals surface area contributed by atoms with E-state index in [9.17, 15) is 0 Å². The van der Waals surface area contributed by atoms with E-state index >= 15 is 0 Å². The molecule has 0 radical (unpaired) electrons. The van der Waals surface area contributed by atoms with Crippen LogP contribution in [0.25, 0.3) is 0 Å². The molecular weight excluding hydrogens is 503 g/mol. The molecule has 1 heterocycles. The van der Waals surface area contributed by atoms with Crippen LogP contribution in [0.5, 0.6) is 0 Å². The molecule has 26 heavy (non-hydrogen) atoms. The molecule has 1 unspecified atom stereocenters. The van der Waals surface area contributed by atoms with Crippen molar-refractivity contribution in [3.05, 3.63) is 64.6 Å². The number of halogens is 2. The van der Waals surface area contributed by atoms with Crippen LogP contribution in [0.4, 0.5) is 5.69 Å². The molecule has 2 aromatic rings. The summed E-state index contributed by atoms with van der Waals surface area (Å²) in [5.74, 6) is 1.50. The molecule has 1 saturated heterocycles. The van der Waals surface area contributed by atoms with Gasteiger partial charge in [-0.2, -0.15) is 0 Å². The minimum absolute atomic E-state index is 0. The molecule has 2 aromatic carbocycles. The van der Waals surface area contributed by atoms with E-state index in [1.54, 1.807) is 0 Å². The second kappa shape index (κ2) is 10.8. The van der Waals surface area contributed by atoms with Gasteiger partial charge in [0.05, 0.1) is 0 Å². The summed E-state index contributed by atoms with van der Waals surface area (Å²) in [6, 6.07) is 19.0. The van der Waals surface area contributed by atoms with E-state index in [1.165, 1.54) is 17.7 Å². The van der Waals surface area contributed by atoms with Crippen molar-refractivity contribution in [2.45, 2.75) is 13.0 Å². The van der Waals surface area contributed by atoms with Crippen LogP contribution in [0.15, 0.2) is 64.1 Å². The first-order chi connectivity index (χ1) is 12.2. The summed E-state index contributed by atoms with van der Waals surface area (Å²) in [6.07, 6.45) is 1.21. The number of rotatable bonds is 5. The third-order valence-electron chi connectivity index (χ3n) is 4.56. The van der Waals surface area contributed by atoms with Gasteiger partial charge in [-0.15, -0.1) is 24.0 Å². The molecule has 0 aromatic heterocycles. The standard InChI is InChI=1S/C20H25BrN4.HI/c1-22-20(23-13-16-5-3-2-4-6-16)24-14-17-11-12-25(15-17)19-9-7-18(21)8-10-19;/h2-10,17H,11-15H2,1H3,(H2,22,23,24);1H. The Morgan fingerprint density at radius 1 is 1.12 bits per heavy atom. The van der Waals surface area contributed by atoms with Gasteiger partial charge in [-0.3, -0.25) is 4.99 Å². The number of aliphatic imine (C=N–C) groups is 1. The number of nitrogens with one attached hydrogen (secondary N) is 2. The summed E-state index contributed by atoms with van der Waals surface area (Å²) in [4.78, 5) is 6.78. The first kappa shape index (κ1) is 21.0. The monoisotopic (exact) mass is 528 g/mol. The maximum absolute atomic E-state index is 4.33. The van der Waals surface area contributed by atoms with Gasteiger partial charge in [0.15, 0.2) is 5.96 Å². The predicted molar refractivity (Wildman–Crippen MR) is 125 cm³/mol. The van der Waals surface area contributed by atoms with Crippen LogP contribution in [0.2, 0.25) is 0 Å². The van der Waals surface area contributed by atoms with Gasteiger partial charge < -0.3 is 15.5 Å². The average molecular weight is 529 g/mol. The highest BCUT2D eigenvalue weighted by atomic mass is 127. The molecule has 1 fully saturated rings.